The quantitative estimate of drug-likeness (QED) is 0.0362. The van der Waals surface area contributed by atoms with Crippen LogP contribution < -0.4 is 11.3 Å². The molecule has 0 spiro atoms. The summed E-state index contributed by atoms with van der Waals surface area (Å²) in [5.41, 5.74) is 17.2. The van der Waals surface area contributed by atoms with Crippen molar-refractivity contribution in [2.45, 2.75) is 27.2 Å². The normalized spacial score (nSPS) is 10.1. The van der Waals surface area contributed by atoms with E-state index in [0.29, 0.717) is 26.4 Å². The second-order valence-corrected chi connectivity index (χ2v) is 11.0. The molecule has 0 bridgehead atoms. The van der Waals surface area contributed by atoms with Crippen LogP contribution in [0.5, 0.6) is 0 Å². The maximum Gasteiger partial charge on any atom is 0.270 e. The van der Waals surface area contributed by atoms with Gasteiger partial charge in [0.25, 0.3) is 6.48 Å². The summed E-state index contributed by atoms with van der Waals surface area (Å²) in [4.78, 5) is 19.4. The molecule has 0 aromatic carbocycles. The van der Waals surface area contributed by atoms with E-state index in [1.807, 2.05) is 6.92 Å². The lowest BCUT2D eigenvalue weighted by Crippen LogP contribution is -2.14. The first kappa shape index (κ1) is 43.8. The molecular weight excluding hydrogens is 894 g/mol. The number of hydrogen-bond donors (Lipinski definition) is 4. The van der Waals surface area contributed by atoms with Gasteiger partial charge in [0.15, 0.2) is 11.5 Å². The van der Waals surface area contributed by atoms with Crippen molar-refractivity contribution in [1.82, 2.24) is 39.5 Å². The van der Waals surface area contributed by atoms with E-state index in [1.165, 1.54) is 27.7 Å². The highest BCUT2D eigenvalue weighted by Gasteiger charge is 2.09. The Kier molecular flexibility index (Phi) is 22.8. The van der Waals surface area contributed by atoms with E-state index in [9.17, 15) is 0 Å². The molecule has 0 unspecified atom stereocenters. The van der Waals surface area contributed by atoms with Gasteiger partial charge in [0.2, 0.25) is 15.9 Å². The molecule has 4 aromatic rings. The van der Waals surface area contributed by atoms with Crippen LogP contribution in [-0.4, -0.2) is 67.3 Å². The van der Waals surface area contributed by atoms with Crippen molar-refractivity contribution in [3.8, 4) is 0 Å². The average molecular weight is 919 g/mol. The highest BCUT2D eigenvalue weighted by atomic mass is 79.9. The number of nitrogens with zero attached hydrogens (tertiary/aromatic N) is 12. The van der Waals surface area contributed by atoms with Crippen molar-refractivity contribution in [1.29, 1.82) is 11.1 Å². The Labute approximate surface area is 307 Å². The number of fused-ring (bicyclic) bond motifs is 1. The van der Waals surface area contributed by atoms with E-state index in [2.05, 4.69) is 123 Å². The second-order valence-electron chi connectivity index (χ2n) is 7.25. The largest absolute Gasteiger partial charge is 0.333 e. The molecule has 0 saturated carbocycles. The molecule has 0 saturated heterocycles. The van der Waals surface area contributed by atoms with E-state index >= 15 is 0 Å². The molecule has 4 heterocycles. The summed E-state index contributed by atoms with van der Waals surface area (Å²) in [6.45, 7) is 4.94. The van der Waals surface area contributed by atoms with Crippen LogP contribution in [0.2, 0.25) is 21.0 Å². The molecule has 0 fully saturated rings. The van der Waals surface area contributed by atoms with E-state index in [-0.39, 0.29) is 10.6 Å². The number of nitrogens with one attached hydrogen (secondary N) is 3. The molecule has 0 atom stereocenters. The fourth-order valence-corrected chi connectivity index (χ4v) is 4.13. The summed E-state index contributed by atoms with van der Waals surface area (Å²) in [5.74, 6) is 5.65. The van der Waals surface area contributed by atoms with E-state index in [1.54, 1.807) is 18.2 Å². The lowest BCUT2D eigenvalue weighted by molar-refractivity contribution is -0.252. The predicted molar refractivity (Wildman–Crippen MR) is 180 cm³/mol. The number of hydrazine groups is 1. The fourth-order valence-electron chi connectivity index (χ4n) is 2.36. The molecule has 46 heavy (non-hydrogen) atoms. The van der Waals surface area contributed by atoms with Crippen LogP contribution in [-0.2, 0) is 14.2 Å². The number of aromatic nitrogens is 8. The third kappa shape index (κ3) is 15.6. The summed E-state index contributed by atoms with van der Waals surface area (Å²) in [5, 5.41) is 18.8. The molecule has 19 nitrogen and oxygen atoms in total. The summed E-state index contributed by atoms with van der Waals surface area (Å²) in [6.07, 6.45) is 1.52. The minimum Gasteiger partial charge on any atom is -0.333 e. The van der Waals surface area contributed by atoms with Gasteiger partial charge in [-0.25, -0.2) is 25.8 Å². The van der Waals surface area contributed by atoms with Crippen LogP contribution in [0.4, 0.5) is 5.82 Å². The van der Waals surface area contributed by atoms with Crippen LogP contribution in [0.3, 0.4) is 0 Å². The number of rotatable bonds is 6. The number of aryl methyl sites for hydroxylation is 3. The van der Waals surface area contributed by atoms with Crippen molar-refractivity contribution in [3.05, 3.63) is 57.8 Å². The van der Waals surface area contributed by atoms with Gasteiger partial charge in [-0.3, -0.25) is 4.40 Å². The van der Waals surface area contributed by atoms with Crippen LogP contribution in [0.25, 0.3) is 5.65 Å². The van der Waals surface area contributed by atoms with Crippen molar-refractivity contribution in [2.24, 2.45) is 26.7 Å². The first-order valence-corrected chi connectivity index (χ1v) is 15.4. The Bertz CT molecular complexity index is 1540. The summed E-state index contributed by atoms with van der Waals surface area (Å²) in [6, 6.07) is 0. The molecule has 0 aliphatic heterocycles. The zero-order valence-electron chi connectivity index (χ0n) is 24.5. The first-order valence-electron chi connectivity index (χ1n) is 11.5. The standard InChI is InChI=1S/C6H4BrClN4.C5H3BrCl2N2.C5H6BrClN4.C4H10O3.H2N6/c1-3-4(7)5-11-9-2-12(5)6(8)10-3;1-2-3(6)4(7)10-5(8)9-2;1-2-3(6)4(11-8)10-5(7)9-2;1-5-4(6-2)7-3;1-3-5-6-4-2/h2H,1H3;1H3;8H2,1H3,(H,9,10,11);4H,1-3H3;1-2H/b;;;;3-1?,4-2?,6-5+. The van der Waals surface area contributed by atoms with Gasteiger partial charge in [-0.05, 0) is 124 Å². The third-order valence-corrected chi connectivity index (χ3v) is 8.24. The minimum absolute atomic E-state index is 0.172. The third-order valence-electron chi connectivity index (χ3n) is 4.30. The number of anilines is 1. The first-order chi connectivity index (χ1) is 21.7. The van der Waals surface area contributed by atoms with Crippen molar-refractivity contribution >= 4 is 106 Å². The molecule has 26 heteroatoms. The van der Waals surface area contributed by atoms with Gasteiger partial charge < -0.3 is 19.6 Å². The zero-order chi connectivity index (χ0) is 35.4. The molecule has 0 aliphatic carbocycles. The average Bonchev–Trinajstić information content (AvgIpc) is 3.53. The number of nitrogens with two attached hydrogens (primary N) is 1. The highest BCUT2D eigenvalue weighted by molar-refractivity contribution is 9.11. The number of nitrogen functional groups attached to an aromatic ring is 1. The molecule has 0 amide bonds. The van der Waals surface area contributed by atoms with Gasteiger partial charge in [-0.1, -0.05) is 11.6 Å². The number of methoxy groups -OCH3 is 3. The van der Waals surface area contributed by atoms with Crippen molar-refractivity contribution in [3.63, 3.8) is 0 Å². The van der Waals surface area contributed by atoms with Gasteiger partial charge in [0.1, 0.15) is 11.5 Å². The van der Waals surface area contributed by atoms with Gasteiger partial charge in [0.05, 0.1) is 30.5 Å². The molecule has 0 radical (unpaired) electrons. The molecule has 4 rings (SSSR count). The Morgan fingerprint density at radius 2 is 1.26 bits per heavy atom. The summed E-state index contributed by atoms with van der Waals surface area (Å²) in [7, 11) is 4.53. The molecule has 4 aromatic heterocycles. The van der Waals surface area contributed by atoms with Crippen molar-refractivity contribution < 1.29 is 14.2 Å². The predicted octanol–water partition coefficient (Wildman–Crippen LogP) is 7.73. The zero-order valence-corrected chi connectivity index (χ0v) is 32.3. The van der Waals surface area contributed by atoms with Crippen LogP contribution in [0, 0.1) is 31.8 Å². The van der Waals surface area contributed by atoms with Gasteiger partial charge >= 0.3 is 0 Å². The summed E-state index contributed by atoms with van der Waals surface area (Å²) < 4.78 is 17.7. The van der Waals surface area contributed by atoms with Gasteiger partial charge in [-0.15, -0.1) is 10.2 Å². The van der Waals surface area contributed by atoms with Crippen LogP contribution in [0.15, 0.2) is 40.6 Å². The smallest absolute Gasteiger partial charge is 0.270 e. The highest BCUT2D eigenvalue weighted by Crippen LogP contribution is 2.24. The number of halogens is 7. The Morgan fingerprint density at radius 1 is 0.783 bits per heavy atom. The maximum absolute atomic E-state index is 5.93. The molecule has 252 valence electrons. The Balaban J connectivity index is 0.000000564. The maximum atomic E-state index is 5.93. The topological polar surface area (TPSA) is 258 Å². The Morgan fingerprint density at radius 3 is 1.70 bits per heavy atom. The lowest BCUT2D eigenvalue weighted by Gasteiger charge is -2.08. The number of ether oxygens (including phenoxy) is 3. The van der Waals surface area contributed by atoms with E-state index < -0.39 is 6.48 Å². The van der Waals surface area contributed by atoms with Crippen molar-refractivity contribution in [2.75, 3.05) is 26.8 Å². The molecule has 0 aliphatic rings. The lowest BCUT2D eigenvalue weighted by atomic mass is 10.4. The molecule has 5 N–H and O–H groups in total. The minimum atomic E-state index is -0.514. The fraction of sp³-hybridized carbons (Fsp3) is 0.350. The van der Waals surface area contributed by atoms with Crippen LogP contribution in [0.1, 0.15) is 17.1 Å². The van der Waals surface area contributed by atoms with Gasteiger partial charge in [-0.2, -0.15) is 16.0 Å². The van der Waals surface area contributed by atoms with E-state index in [0.717, 1.165) is 26.0 Å². The number of hydrogen-bond acceptors (Lipinski definition) is 14. The second kappa shape index (κ2) is 24.0. The van der Waals surface area contributed by atoms with Gasteiger partial charge in [0, 0.05) is 21.3 Å². The monoisotopic (exact) mass is 914 g/mol. The SMILES string of the molecule is COC(OC)OC.Cc1nc(Cl)n2cnnc2c1Br.Cc1nc(Cl)nc(Cl)c1Br.Cc1nc(Cl)nc(NN)c1Br.N=N/N=N/N=N. The van der Waals surface area contributed by atoms with Crippen LogP contribution >= 0.6 is 94.2 Å². The van der Waals surface area contributed by atoms with E-state index in [4.69, 9.17) is 63.3 Å². The Hall–Kier alpha value is -2.25. The molecular formula is C20H25Br3Cl4N16O3. The summed E-state index contributed by atoms with van der Waals surface area (Å²) >= 11 is 32.3.